The molecule has 4 heteroatoms. The van der Waals surface area contributed by atoms with Crippen LogP contribution in [0.2, 0.25) is 0 Å². The van der Waals surface area contributed by atoms with E-state index in [9.17, 15) is 4.39 Å². The third kappa shape index (κ3) is 1.96. The van der Waals surface area contributed by atoms with Gasteiger partial charge in [-0.15, -0.1) is 0 Å². The molecule has 3 nitrogen and oxygen atoms in total. The Kier molecular flexibility index (Phi) is 3.22. The summed E-state index contributed by atoms with van der Waals surface area (Å²) in [5.74, 6) is 5.00. The average molecular weight is 185 g/mol. The maximum absolute atomic E-state index is 13.2. The molecule has 0 atom stereocenters. The molecule has 13 heavy (non-hydrogen) atoms. The van der Waals surface area contributed by atoms with Crippen molar-refractivity contribution in [1.29, 1.82) is 0 Å². The van der Waals surface area contributed by atoms with E-state index in [2.05, 4.69) is 4.84 Å². The van der Waals surface area contributed by atoms with Gasteiger partial charge in [0, 0.05) is 0 Å². The highest BCUT2D eigenvalue weighted by atomic mass is 19.1. The van der Waals surface area contributed by atoms with Gasteiger partial charge in [-0.25, -0.2) is 10.3 Å². The predicted octanol–water partition coefficient (Wildman–Crippen LogP) is 1.53. The minimum absolute atomic E-state index is 0.0106. The molecule has 1 rings (SSSR count). The quantitative estimate of drug-likeness (QED) is 0.726. The summed E-state index contributed by atoms with van der Waals surface area (Å²) in [5, 5.41) is 0. The molecule has 0 amide bonds. The molecule has 0 bridgehead atoms. The number of aryl methyl sites for hydroxylation is 1. The summed E-state index contributed by atoms with van der Waals surface area (Å²) in [6, 6.07) is 3.01. The normalized spacial score (nSPS) is 10.2. The van der Waals surface area contributed by atoms with Crippen molar-refractivity contribution in [3.05, 3.63) is 29.1 Å². The molecule has 0 fully saturated rings. The lowest BCUT2D eigenvalue weighted by molar-refractivity contribution is 0.119. The fourth-order valence-corrected chi connectivity index (χ4v) is 1.22. The standard InChI is InChI=1S/C9H12FNO2/c1-6-3-4-8(10)7(5-13-11)9(6)12-2/h3-4H,5,11H2,1-2H3. The van der Waals surface area contributed by atoms with Crippen LogP contribution in [0.1, 0.15) is 11.1 Å². The number of halogens is 1. The number of rotatable bonds is 3. The lowest BCUT2D eigenvalue weighted by Crippen LogP contribution is -2.04. The Morgan fingerprint density at radius 2 is 2.15 bits per heavy atom. The van der Waals surface area contributed by atoms with Crippen molar-refractivity contribution in [3.63, 3.8) is 0 Å². The minimum Gasteiger partial charge on any atom is -0.496 e. The second kappa shape index (κ2) is 4.20. The maximum atomic E-state index is 13.2. The summed E-state index contributed by atoms with van der Waals surface area (Å²) in [7, 11) is 1.49. The first-order valence-corrected chi connectivity index (χ1v) is 3.84. The Balaban J connectivity index is 3.18. The smallest absolute Gasteiger partial charge is 0.132 e. The Bertz CT molecular complexity index is 302. The minimum atomic E-state index is -0.368. The van der Waals surface area contributed by atoms with Gasteiger partial charge in [0.2, 0.25) is 0 Å². The van der Waals surface area contributed by atoms with Crippen molar-refractivity contribution < 1.29 is 14.0 Å². The highest BCUT2D eigenvalue weighted by Crippen LogP contribution is 2.25. The van der Waals surface area contributed by atoms with Crippen LogP contribution in [0, 0.1) is 12.7 Å². The van der Waals surface area contributed by atoms with Gasteiger partial charge >= 0.3 is 0 Å². The van der Waals surface area contributed by atoms with Crippen LogP contribution in [-0.4, -0.2) is 7.11 Å². The van der Waals surface area contributed by atoms with E-state index >= 15 is 0 Å². The van der Waals surface area contributed by atoms with Crippen molar-refractivity contribution in [2.45, 2.75) is 13.5 Å². The van der Waals surface area contributed by atoms with E-state index in [0.29, 0.717) is 11.3 Å². The maximum Gasteiger partial charge on any atom is 0.132 e. The van der Waals surface area contributed by atoms with Crippen LogP contribution in [-0.2, 0) is 11.4 Å². The van der Waals surface area contributed by atoms with Gasteiger partial charge < -0.3 is 4.74 Å². The van der Waals surface area contributed by atoms with Gasteiger partial charge in [0.25, 0.3) is 0 Å². The van der Waals surface area contributed by atoms with Crippen molar-refractivity contribution >= 4 is 0 Å². The molecule has 0 unspecified atom stereocenters. The summed E-state index contributed by atoms with van der Waals surface area (Å²) in [6.07, 6.45) is 0. The van der Waals surface area contributed by atoms with E-state index in [4.69, 9.17) is 10.6 Å². The third-order valence-electron chi connectivity index (χ3n) is 1.83. The van der Waals surface area contributed by atoms with E-state index in [-0.39, 0.29) is 12.4 Å². The fraction of sp³-hybridized carbons (Fsp3) is 0.333. The molecule has 0 radical (unpaired) electrons. The Morgan fingerprint density at radius 3 is 2.69 bits per heavy atom. The molecule has 0 aliphatic rings. The second-order valence-corrected chi connectivity index (χ2v) is 2.69. The third-order valence-corrected chi connectivity index (χ3v) is 1.83. The van der Waals surface area contributed by atoms with Crippen LogP contribution in [0.3, 0.4) is 0 Å². The zero-order valence-corrected chi connectivity index (χ0v) is 7.63. The first kappa shape index (κ1) is 9.95. The lowest BCUT2D eigenvalue weighted by atomic mass is 10.1. The number of hydrogen-bond acceptors (Lipinski definition) is 3. The highest BCUT2D eigenvalue weighted by Gasteiger charge is 2.11. The molecule has 0 spiro atoms. The molecule has 0 aliphatic heterocycles. The molecule has 0 saturated heterocycles. The SMILES string of the molecule is COc1c(C)ccc(F)c1CON. The summed E-state index contributed by atoms with van der Waals surface area (Å²) in [5.41, 5.74) is 1.21. The van der Waals surface area contributed by atoms with Crippen LogP contribution >= 0.6 is 0 Å². The first-order valence-electron chi connectivity index (χ1n) is 3.84. The average Bonchev–Trinajstić information content (AvgIpc) is 2.12. The Morgan fingerprint density at radius 1 is 1.46 bits per heavy atom. The van der Waals surface area contributed by atoms with E-state index < -0.39 is 0 Å². The van der Waals surface area contributed by atoms with Crippen molar-refractivity contribution in [2.24, 2.45) is 5.90 Å². The molecule has 1 aromatic rings. The van der Waals surface area contributed by atoms with Gasteiger partial charge in [0.1, 0.15) is 11.6 Å². The van der Waals surface area contributed by atoms with E-state index in [1.54, 1.807) is 6.07 Å². The van der Waals surface area contributed by atoms with E-state index in [1.165, 1.54) is 13.2 Å². The zero-order valence-electron chi connectivity index (χ0n) is 7.63. The highest BCUT2D eigenvalue weighted by molar-refractivity contribution is 5.41. The van der Waals surface area contributed by atoms with Gasteiger partial charge in [-0.1, -0.05) is 6.07 Å². The van der Waals surface area contributed by atoms with Crippen LogP contribution in [0.25, 0.3) is 0 Å². The molecule has 72 valence electrons. The molecule has 0 aromatic heterocycles. The Labute approximate surface area is 76.2 Å². The van der Waals surface area contributed by atoms with E-state index in [0.717, 1.165) is 5.56 Å². The van der Waals surface area contributed by atoms with Crippen LogP contribution in [0.4, 0.5) is 4.39 Å². The van der Waals surface area contributed by atoms with Gasteiger partial charge in [-0.3, -0.25) is 4.84 Å². The number of nitrogens with two attached hydrogens (primary N) is 1. The van der Waals surface area contributed by atoms with Gasteiger partial charge in [-0.05, 0) is 18.6 Å². The van der Waals surface area contributed by atoms with Crippen LogP contribution < -0.4 is 10.6 Å². The Hall–Kier alpha value is -1.13. The molecule has 0 heterocycles. The molecular weight excluding hydrogens is 173 g/mol. The van der Waals surface area contributed by atoms with Crippen molar-refractivity contribution in [3.8, 4) is 5.75 Å². The number of hydrogen-bond donors (Lipinski definition) is 1. The van der Waals surface area contributed by atoms with Crippen molar-refractivity contribution in [2.75, 3.05) is 7.11 Å². The molecule has 0 aliphatic carbocycles. The largest absolute Gasteiger partial charge is 0.496 e. The topological polar surface area (TPSA) is 44.5 Å². The molecule has 1 aromatic carbocycles. The second-order valence-electron chi connectivity index (χ2n) is 2.69. The van der Waals surface area contributed by atoms with Crippen LogP contribution in [0.5, 0.6) is 5.75 Å². The monoisotopic (exact) mass is 185 g/mol. The molecule has 2 N–H and O–H groups in total. The fourth-order valence-electron chi connectivity index (χ4n) is 1.22. The summed E-state index contributed by atoms with van der Waals surface area (Å²) in [6.45, 7) is 1.84. The first-order chi connectivity index (χ1) is 6.20. The van der Waals surface area contributed by atoms with Gasteiger partial charge in [-0.2, -0.15) is 0 Å². The number of benzene rings is 1. The van der Waals surface area contributed by atoms with Crippen LogP contribution in [0.15, 0.2) is 12.1 Å². The lowest BCUT2D eigenvalue weighted by Gasteiger charge is -2.10. The summed E-state index contributed by atoms with van der Waals surface area (Å²) < 4.78 is 18.2. The zero-order chi connectivity index (χ0) is 9.84. The number of ether oxygens (including phenoxy) is 1. The van der Waals surface area contributed by atoms with Gasteiger partial charge in [0.15, 0.2) is 0 Å². The number of methoxy groups -OCH3 is 1. The summed E-state index contributed by atoms with van der Waals surface area (Å²) >= 11 is 0. The molecular formula is C9H12FNO2. The summed E-state index contributed by atoms with van der Waals surface area (Å²) in [4.78, 5) is 4.39. The predicted molar refractivity (Wildman–Crippen MR) is 46.7 cm³/mol. The molecule has 0 saturated carbocycles. The van der Waals surface area contributed by atoms with Crippen molar-refractivity contribution in [1.82, 2.24) is 0 Å². The van der Waals surface area contributed by atoms with E-state index in [1.807, 2.05) is 6.92 Å². The van der Waals surface area contributed by atoms with Gasteiger partial charge in [0.05, 0.1) is 19.3 Å².